The summed E-state index contributed by atoms with van der Waals surface area (Å²) in [6.07, 6.45) is 1.91. The lowest BCUT2D eigenvalue weighted by atomic mass is 10.3. The molecule has 2 heterocycles. The highest BCUT2D eigenvalue weighted by Crippen LogP contribution is 2.21. The minimum Gasteiger partial charge on any atom is -0.379 e. The Labute approximate surface area is 120 Å². The SMILES string of the molecule is CCCNc1nc(CC)nc(NN2CCOCC2)c1C. The van der Waals surface area contributed by atoms with E-state index in [2.05, 4.69) is 46.5 Å². The Morgan fingerprint density at radius 3 is 2.50 bits per heavy atom. The van der Waals surface area contributed by atoms with Crippen molar-refractivity contribution in [3.8, 4) is 0 Å². The fraction of sp³-hybridized carbons (Fsp3) is 0.714. The van der Waals surface area contributed by atoms with Crippen LogP contribution in [0.25, 0.3) is 0 Å². The second kappa shape index (κ2) is 7.40. The first-order valence-corrected chi connectivity index (χ1v) is 7.45. The molecule has 0 amide bonds. The summed E-state index contributed by atoms with van der Waals surface area (Å²) in [5.41, 5.74) is 4.47. The van der Waals surface area contributed by atoms with Crippen LogP contribution in [0.5, 0.6) is 0 Å². The molecule has 0 spiro atoms. The van der Waals surface area contributed by atoms with Gasteiger partial charge in [0.2, 0.25) is 0 Å². The topological polar surface area (TPSA) is 62.3 Å². The zero-order valence-corrected chi connectivity index (χ0v) is 12.7. The lowest BCUT2D eigenvalue weighted by Gasteiger charge is -2.28. The minimum absolute atomic E-state index is 0.763. The number of rotatable bonds is 6. The van der Waals surface area contributed by atoms with Gasteiger partial charge in [-0.1, -0.05) is 13.8 Å². The summed E-state index contributed by atoms with van der Waals surface area (Å²) in [5, 5.41) is 5.54. The second-order valence-corrected chi connectivity index (χ2v) is 4.95. The molecule has 0 atom stereocenters. The predicted octanol–water partition coefficient (Wildman–Crippen LogP) is 1.83. The van der Waals surface area contributed by atoms with Gasteiger partial charge in [0.05, 0.1) is 13.2 Å². The van der Waals surface area contributed by atoms with Gasteiger partial charge < -0.3 is 15.5 Å². The summed E-state index contributed by atoms with van der Waals surface area (Å²) in [7, 11) is 0. The van der Waals surface area contributed by atoms with Crippen LogP contribution in [0.1, 0.15) is 31.7 Å². The smallest absolute Gasteiger partial charge is 0.149 e. The van der Waals surface area contributed by atoms with Crippen molar-refractivity contribution < 1.29 is 4.74 Å². The molecule has 2 N–H and O–H groups in total. The predicted molar refractivity (Wildman–Crippen MR) is 80.9 cm³/mol. The van der Waals surface area contributed by atoms with E-state index in [1.165, 1.54) is 0 Å². The minimum atomic E-state index is 0.763. The zero-order valence-electron chi connectivity index (χ0n) is 12.7. The zero-order chi connectivity index (χ0) is 14.4. The van der Waals surface area contributed by atoms with Crippen molar-refractivity contribution in [3.05, 3.63) is 11.4 Å². The van der Waals surface area contributed by atoms with Gasteiger partial charge in [-0.25, -0.2) is 15.0 Å². The van der Waals surface area contributed by atoms with Crippen molar-refractivity contribution in [2.75, 3.05) is 43.6 Å². The van der Waals surface area contributed by atoms with Gasteiger partial charge in [0.15, 0.2) is 0 Å². The van der Waals surface area contributed by atoms with Crippen molar-refractivity contribution in [2.24, 2.45) is 0 Å². The molecule has 0 bridgehead atoms. The molecule has 6 nitrogen and oxygen atoms in total. The molecule has 1 aromatic rings. The van der Waals surface area contributed by atoms with Crippen LogP contribution in [0.3, 0.4) is 0 Å². The molecule has 1 aliphatic heterocycles. The van der Waals surface area contributed by atoms with E-state index in [4.69, 9.17) is 4.74 Å². The standard InChI is InChI=1S/C14H25N5O/c1-4-6-15-13-11(3)14(17-12(5-2)16-13)18-19-7-9-20-10-8-19/h4-10H2,1-3H3,(H2,15,16,17,18). The lowest BCUT2D eigenvalue weighted by Crippen LogP contribution is -2.40. The number of anilines is 2. The fourth-order valence-corrected chi connectivity index (χ4v) is 2.07. The van der Waals surface area contributed by atoms with Crippen LogP contribution in [0, 0.1) is 6.92 Å². The van der Waals surface area contributed by atoms with Crippen LogP contribution < -0.4 is 10.7 Å². The largest absolute Gasteiger partial charge is 0.379 e. The number of hydrogen-bond acceptors (Lipinski definition) is 6. The third-order valence-electron chi connectivity index (χ3n) is 3.33. The van der Waals surface area contributed by atoms with E-state index < -0.39 is 0 Å². The van der Waals surface area contributed by atoms with E-state index in [0.717, 1.165) is 68.7 Å². The number of hydrazine groups is 1. The Morgan fingerprint density at radius 2 is 1.85 bits per heavy atom. The molecule has 1 saturated heterocycles. The summed E-state index contributed by atoms with van der Waals surface area (Å²) in [5.74, 6) is 2.71. The average molecular weight is 279 g/mol. The van der Waals surface area contributed by atoms with Crippen LogP contribution >= 0.6 is 0 Å². The quantitative estimate of drug-likeness (QED) is 0.828. The highest BCUT2D eigenvalue weighted by atomic mass is 16.5. The van der Waals surface area contributed by atoms with Crippen LogP contribution in [0.2, 0.25) is 0 Å². The van der Waals surface area contributed by atoms with Gasteiger partial charge in [-0.05, 0) is 13.3 Å². The number of nitrogens with one attached hydrogen (secondary N) is 2. The van der Waals surface area contributed by atoms with Gasteiger partial charge in [-0.15, -0.1) is 0 Å². The Balaban J connectivity index is 2.16. The van der Waals surface area contributed by atoms with E-state index in [9.17, 15) is 0 Å². The highest BCUT2D eigenvalue weighted by Gasteiger charge is 2.15. The van der Waals surface area contributed by atoms with Crippen molar-refractivity contribution in [1.29, 1.82) is 0 Å². The van der Waals surface area contributed by atoms with Gasteiger partial charge in [0.1, 0.15) is 17.5 Å². The number of aromatic nitrogens is 2. The Kier molecular flexibility index (Phi) is 5.55. The normalized spacial score (nSPS) is 16.1. The van der Waals surface area contributed by atoms with Gasteiger partial charge in [0.25, 0.3) is 0 Å². The first-order chi connectivity index (χ1) is 9.74. The molecular formula is C14H25N5O. The van der Waals surface area contributed by atoms with Crippen molar-refractivity contribution in [3.63, 3.8) is 0 Å². The number of nitrogens with zero attached hydrogens (tertiary/aromatic N) is 3. The molecule has 0 aliphatic carbocycles. The maximum atomic E-state index is 5.36. The van der Waals surface area contributed by atoms with E-state index in [0.29, 0.717) is 0 Å². The monoisotopic (exact) mass is 279 g/mol. The molecule has 0 unspecified atom stereocenters. The van der Waals surface area contributed by atoms with Gasteiger partial charge >= 0.3 is 0 Å². The van der Waals surface area contributed by atoms with E-state index >= 15 is 0 Å². The Morgan fingerprint density at radius 1 is 1.15 bits per heavy atom. The molecule has 2 rings (SSSR count). The third kappa shape index (κ3) is 3.80. The summed E-state index contributed by atoms with van der Waals surface area (Å²) in [6, 6.07) is 0. The Bertz CT molecular complexity index is 432. The average Bonchev–Trinajstić information content (AvgIpc) is 2.49. The maximum Gasteiger partial charge on any atom is 0.149 e. The first-order valence-electron chi connectivity index (χ1n) is 7.45. The molecule has 0 saturated carbocycles. The summed E-state index contributed by atoms with van der Waals surface area (Å²) in [4.78, 5) is 9.19. The van der Waals surface area contributed by atoms with Gasteiger partial charge in [-0.2, -0.15) is 0 Å². The molecular weight excluding hydrogens is 254 g/mol. The molecule has 1 aliphatic rings. The van der Waals surface area contributed by atoms with Crippen LogP contribution in [0.15, 0.2) is 0 Å². The number of hydrogen-bond donors (Lipinski definition) is 2. The highest BCUT2D eigenvalue weighted by molar-refractivity contribution is 5.56. The number of aryl methyl sites for hydroxylation is 1. The van der Waals surface area contributed by atoms with Crippen LogP contribution in [-0.2, 0) is 11.2 Å². The summed E-state index contributed by atoms with van der Waals surface area (Å²) < 4.78 is 5.36. The van der Waals surface area contributed by atoms with Crippen molar-refractivity contribution in [1.82, 2.24) is 15.0 Å². The molecule has 112 valence electrons. The van der Waals surface area contributed by atoms with Gasteiger partial charge in [-0.3, -0.25) is 0 Å². The first kappa shape index (κ1) is 15.0. The molecule has 6 heteroatoms. The van der Waals surface area contributed by atoms with Crippen molar-refractivity contribution >= 4 is 11.6 Å². The Hall–Kier alpha value is -1.40. The second-order valence-electron chi connectivity index (χ2n) is 4.95. The van der Waals surface area contributed by atoms with Crippen LogP contribution in [-0.4, -0.2) is 47.8 Å². The van der Waals surface area contributed by atoms with Crippen LogP contribution in [0.4, 0.5) is 11.6 Å². The summed E-state index contributed by atoms with van der Waals surface area (Å²) >= 11 is 0. The van der Waals surface area contributed by atoms with E-state index in [1.54, 1.807) is 0 Å². The van der Waals surface area contributed by atoms with E-state index in [-0.39, 0.29) is 0 Å². The van der Waals surface area contributed by atoms with Gasteiger partial charge in [0, 0.05) is 31.6 Å². The number of morpholine rings is 1. The van der Waals surface area contributed by atoms with E-state index in [1.807, 2.05) is 0 Å². The fourth-order valence-electron chi connectivity index (χ4n) is 2.07. The lowest BCUT2D eigenvalue weighted by molar-refractivity contribution is 0.0494. The molecule has 0 aromatic carbocycles. The van der Waals surface area contributed by atoms with Crippen molar-refractivity contribution in [2.45, 2.75) is 33.6 Å². The molecule has 1 aromatic heterocycles. The molecule has 1 fully saturated rings. The third-order valence-corrected chi connectivity index (χ3v) is 3.33. The maximum absolute atomic E-state index is 5.36. The number of ether oxygens (including phenoxy) is 1. The molecule has 0 radical (unpaired) electrons. The molecule has 20 heavy (non-hydrogen) atoms. The summed E-state index contributed by atoms with van der Waals surface area (Å²) in [6.45, 7) is 10.5.